The predicted octanol–water partition coefficient (Wildman–Crippen LogP) is 3.62. The molecule has 5 rings (SSSR count). The minimum atomic E-state index is 0.189. The third kappa shape index (κ3) is 3.84. The molecule has 1 aliphatic rings. The Hall–Kier alpha value is -3.33. The quantitative estimate of drug-likeness (QED) is 0.513. The van der Waals surface area contributed by atoms with Gasteiger partial charge < -0.3 is 15.1 Å². The van der Waals surface area contributed by atoms with Gasteiger partial charge in [0.05, 0.1) is 11.9 Å². The van der Waals surface area contributed by atoms with Crippen LogP contribution in [-0.4, -0.2) is 68.1 Å². The van der Waals surface area contributed by atoms with E-state index in [-0.39, 0.29) is 6.04 Å². The normalized spacial score (nSPS) is 15.4. The fourth-order valence-corrected chi connectivity index (χ4v) is 4.34. The van der Waals surface area contributed by atoms with Crippen LogP contribution in [0.2, 0.25) is 0 Å². The van der Waals surface area contributed by atoms with Crippen LogP contribution in [0, 0.1) is 0 Å². The van der Waals surface area contributed by atoms with Crippen molar-refractivity contribution in [3.63, 3.8) is 0 Å². The maximum atomic E-state index is 4.77. The van der Waals surface area contributed by atoms with E-state index in [1.807, 2.05) is 35.3 Å². The Kier molecular flexibility index (Phi) is 5.34. The molecule has 0 aliphatic carbocycles. The Bertz CT molecular complexity index is 1220. The monoisotopic (exact) mass is 431 g/mol. The molecular weight excluding hydrogens is 402 g/mol. The Labute approximate surface area is 187 Å². The summed E-state index contributed by atoms with van der Waals surface area (Å²) in [6.07, 6.45) is 6.10. The van der Waals surface area contributed by atoms with Crippen molar-refractivity contribution in [1.82, 2.24) is 34.8 Å². The molecule has 0 amide bonds. The van der Waals surface area contributed by atoms with Crippen molar-refractivity contribution in [1.29, 1.82) is 0 Å². The number of benzene rings is 1. The second-order valence-electron chi connectivity index (χ2n) is 8.90. The SMILES string of the molecule is CC(C)n1nnc2ccc3cnc(Nc4ccc(N5CCC(N(C)C)CC5)cn4)nc3c21. The molecule has 0 spiro atoms. The van der Waals surface area contributed by atoms with Gasteiger partial charge in [0.15, 0.2) is 0 Å². The van der Waals surface area contributed by atoms with Crippen LogP contribution in [0.1, 0.15) is 32.7 Å². The summed E-state index contributed by atoms with van der Waals surface area (Å²) in [6, 6.07) is 8.89. The van der Waals surface area contributed by atoms with Crippen molar-refractivity contribution in [3.8, 4) is 0 Å². The third-order valence-electron chi connectivity index (χ3n) is 6.22. The second kappa shape index (κ2) is 8.31. The zero-order valence-electron chi connectivity index (χ0n) is 19.0. The summed E-state index contributed by atoms with van der Waals surface area (Å²) < 4.78 is 1.90. The van der Waals surface area contributed by atoms with Crippen molar-refractivity contribution in [2.45, 2.75) is 38.8 Å². The molecule has 32 heavy (non-hydrogen) atoms. The number of hydrogen-bond acceptors (Lipinski definition) is 8. The molecule has 0 bridgehead atoms. The first-order valence-electron chi connectivity index (χ1n) is 11.1. The van der Waals surface area contributed by atoms with Gasteiger partial charge in [-0.15, -0.1) is 5.10 Å². The number of hydrogen-bond donors (Lipinski definition) is 1. The number of aromatic nitrogens is 6. The summed E-state index contributed by atoms with van der Waals surface area (Å²) in [5, 5.41) is 12.8. The van der Waals surface area contributed by atoms with Crippen LogP contribution in [0.3, 0.4) is 0 Å². The van der Waals surface area contributed by atoms with E-state index in [0.29, 0.717) is 12.0 Å². The molecule has 3 aromatic heterocycles. The van der Waals surface area contributed by atoms with Crippen LogP contribution in [0.25, 0.3) is 21.9 Å². The van der Waals surface area contributed by atoms with Crippen molar-refractivity contribution < 1.29 is 0 Å². The lowest BCUT2D eigenvalue weighted by atomic mass is 10.0. The van der Waals surface area contributed by atoms with Crippen LogP contribution < -0.4 is 10.2 Å². The van der Waals surface area contributed by atoms with Gasteiger partial charge in [-0.25, -0.2) is 19.6 Å². The van der Waals surface area contributed by atoms with Crippen LogP contribution in [0.5, 0.6) is 0 Å². The first kappa shape index (κ1) is 20.6. The molecule has 1 fully saturated rings. The molecule has 9 nitrogen and oxygen atoms in total. The standard InChI is InChI=1S/C23H29N9/c1-15(2)32-22-19(28-29-32)7-5-16-13-25-23(27-21(16)22)26-20-8-6-18(14-24-20)31-11-9-17(10-12-31)30(3)4/h5-8,13-15,17H,9-12H2,1-4H3,(H,24,25,26,27). The van der Waals surface area contributed by atoms with E-state index in [1.165, 1.54) is 12.8 Å². The summed E-state index contributed by atoms with van der Waals surface area (Å²) in [6.45, 7) is 6.28. The molecule has 0 saturated carbocycles. The number of pyridine rings is 1. The van der Waals surface area contributed by atoms with Crippen molar-refractivity contribution in [2.75, 3.05) is 37.4 Å². The van der Waals surface area contributed by atoms with Gasteiger partial charge in [-0.1, -0.05) is 5.21 Å². The number of anilines is 3. The maximum Gasteiger partial charge on any atom is 0.228 e. The van der Waals surface area contributed by atoms with Gasteiger partial charge >= 0.3 is 0 Å². The van der Waals surface area contributed by atoms with Gasteiger partial charge in [0.25, 0.3) is 0 Å². The fraction of sp³-hybridized carbons (Fsp3) is 0.435. The molecule has 9 heteroatoms. The van der Waals surface area contributed by atoms with E-state index < -0.39 is 0 Å². The zero-order chi connectivity index (χ0) is 22.2. The largest absolute Gasteiger partial charge is 0.370 e. The third-order valence-corrected chi connectivity index (χ3v) is 6.22. The molecule has 4 heterocycles. The molecule has 4 aromatic rings. The van der Waals surface area contributed by atoms with Crippen LogP contribution in [0.4, 0.5) is 17.5 Å². The summed E-state index contributed by atoms with van der Waals surface area (Å²) in [5.74, 6) is 1.23. The molecule has 1 aliphatic heterocycles. The summed E-state index contributed by atoms with van der Waals surface area (Å²) in [5.41, 5.74) is 3.74. The topological polar surface area (TPSA) is 87.9 Å². The van der Waals surface area contributed by atoms with E-state index in [4.69, 9.17) is 4.98 Å². The summed E-state index contributed by atoms with van der Waals surface area (Å²) in [7, 11) is 4.32. The Morgan fingerprint density at radius 1 is 1.03 bits per heavy atom. The molecule has 1 N–H and O–H groups in total. The maximum absolute atomic E-state index is 4.77. The summed E-state index contributed by atoms with van der Waals surface area (Å²) in [4.78, 5) is 18.6. The Morgan fingerprint density at radius 3 is 2.53 bits per heavy atom. The van der Waals surface area contributed by atoms with Gasteiger partial charge in [0, 0.05) is 36.8 Å². The highest BCUT2D eigenvalue weighted by atomic mass is 15.4. The highest BCUT2D eigenvalue weighted by Gasteiger charge is 2.21. The molecule has 0 unspecified atom stereocenters. The van der Waals surface area contributed by atoms with Crippen LogP contribution in [-0.2, 0) is 0 Å². The second-order valence-corrected chi connectivity index (χ2v) is 8.90. The molecule has 1 saturated heterocycles. The number of fused-ring (bicyclic) bond motifs is 3. The van der Waals surface area contributed by atoms with Crippen LogP contribution >= 0.6 is 0 Å². The summed E-state index contributed by atoms with van der Waals surface area (Å²) >= 11 is 0. The lowest BCUT2D eigenvalue weighted by Gasteiger charge is -2.36. The molecule has 1 aromatic carbocycles. The van der Waals surface area contributed by atoms with E-state index in [0.717, 1.165) is 46.5 Å². The lowest BCUT2D eigenvalue weighted by molar-refractivity contribution is 0.249. The number of piperidine rings is 1. The Morgan fingerprint density at radius 2 is 1.84 bits per heavy atom. The number of nitrogens with one attached hydrogen (secondary N) is 1. The minimum Gasteiger partial charge on any atom is -0.370 e. The van der Waals surface area contributed by atoms with Gasteiger partial charge in [-0.05, 0) is 65.0 Å². The first-order chi connectivity index (χ1) is 15.5. The lowest BCUT2D eigenvalue weighted by Crippen LogP contribution is -2.42. The Balaban J connectivity index is 1.36. The molecule has 0 radical (unpaired) electrons. The molecular formula is C23H29N9. The van der Waals surface area contributed by atoms with Crippen molar-refractivity contribution in [3.05, 3.63) is 36.7 Å². The average molecular weight is 432 g/mol. The van der Waals surface area contributed by atoms with Crippen LogP contribution in [0.15, 0.2) is 36.7 Å². The van der Waals surface area contributed by atoms with E-state index in [9.17, 15) is 0 Å². The van der Waals surface area contributed by atoms with Gasteiger partial charge in [0.2, 0.25) is 5.95 Å². The molecule has 166 valence electrons. The minimum absolute atomic E-state index is 0.189. The number of rotatable bonds is 5. The van der Waals surface area contributed by atoms with E-state index in [1.54, 1.807) is 0 Å². The van der Waals surface area contributed by atoms with E-state index in [2.05, 4.69) is 69.4 Å². The highest BCUT2D eigenvalue weighted by molar-refractivity contribution is 6.01. The van der Waals surface area contributed by atoms with Crippen molar-refractivity contribution >= 4 is 39.4 Å². The number of nitrogens with zero attached hydrogens (tertiary/aromatic N) is 8. The van der Waals surface area contributed by atoms with Gasteiger partial charge in [0.1, 0.15) is 22.4 Å². The average Bonchev–Trinajstić information content (AvgIpc) is 3.25. The fourth-order valence-electron chi connectivity index (χ4n) is 4.34. The molecule has 0 atom stereocenters. The smallest absolute Gasteiger partial charge is 0.228 e. The predicted molar refractivity (Wildman–Crippen MR) is 127 cm³/mol. The zero-order valence-corrected chi connectivity index (χ0v) is 19.0. The van der Waals surface area contributed by atoms with Crippen molar-refractivity contribution in [2.24, 2.45) is 0 Å². The van der Waals surface area contributed by atoms with Gasteiger partial charge in [-0.2, -0.15) is 0 Å². The first-order valence-corrected chi connectivity index (χ1v) is 11.1. The highest BCUT2D eigenvalue weighted by Crippen LogP contribution is 2.26. The van der Waals surface area contributed by atoms with Gasteiger partial charge in [-0.3, -0.25) is 0 Å². The van der Waals surface area contributed by atoms with E-state index >= 15 is 0 Å².